The normalized spacial score (nSPS) is 39.8. The minimum atomic E-state index is -0.324. The number of carbonyl (C=O) groups excluding carboxylic acids is 1. The highest BCUT2D eigenvalue weighted by Crippen LogP contribution is 2.16. The lowest BCUT2D eigenvalue weighted by atomic mass is 10.2. The van der Waals surface area contributed by atoms with E-state index in [-0.39, 0.29) is 18.2 Å². The van der Waals surface area contributed by atoms with Gasteiger partial charge in [0.15, 0.2) is 0 Å². The van der Waals surface area contributed by atoms with Crippen LogP contribution in [-0.2, 0) is 9.47 Å². The van der Waals surface area contributed by atoms with Crippen LogP contribution in [0.5, 0.6) is 0 Å². The molecule has 0 aromatic rings. The highest BCUT2D eigenvalue weighted by atomic mass is 16.6. The summed E-state index contributed by atoms with van der Waals surface area (Å²) in [5.74, 6) is 0. The van der Waals surface area contributed by atoms with Gasteiger partial charge < -0.3 is 14.8 Å². The highest BCUT2D eigenvalue weighted by Gasteiger charge is 2.38. The van der Waals surface area contributed by atoms with E-state index < -0.39 is 0 Å². The van der Waals surface area contributed by atoms with Crippen LogP contribution in [0.15, 0.2) is 0 Å². The van der Waals surface area contributed by atoms with E-state index in [1.807, 2.05) is 0 Å². The van der Waals surface area contributed by atoms with Crippen LogP contribution in [0.1, 0.15) is 0 Å². The number of carbonyl (C=O) groups is 1. The number of alkyl carbamates (subject to hydrolysis) is 1. The maximum Gasteiger partial charge on any atom is 0.407 e. The van der Waals surface area contributed by atoms with E-state index in [9.17, 15) is 4.79 Å². The third-order valence-corrected chi connectivity index (χ3v) is 1.51. The van der Waals surface area contributed by atoms with Gasteiger partial charge in [-0.15, -0.1) is 0 Å². The van der Waals surface area contributed by atoms with Gasteiger partial charge in [-0.1, -0.05) is 0 Å². The van der Waals surface area contributed by atoms with E-state index in [1.54, 1.807) is 0 Å². The summed E-state index contributed by atoms with van der Waals surface area (Å²) in [6.07, 6.45) is -0.105. The van der Waals surface area contributed by atoms with Crippen LogP contribution in [0.4, 0.5) is 4.79 Å². The lowest BCUT2D eigenvalue weighted by Crippen LogP contribution is -2.31. The molecule has 2 saturated heterocycles. The molecule has 1 N–H and O–H groups in total. The van der Waals surface area contributed by atoms with Crippen molar-refractivity contribution in [1.29, 1.82) is 0 Å². The largest absolute Gasteiger partial charge is 0.447 e. The first kappa shape index (κ1) is 5.05. The molecule has 0 spiro atoms. The molecule has 2 heterocycles. The number of rotatable bonds is 1. The van der Waals surface area contributed by atoms with Crippen LogP contribution in [0.25, 0.3) is 0 Å². The fourth-order valence-corrected chi connectivity index (χ4v) is 0.888. The number of hydrogen-bond acceptors (Lipinski definition) is 3. The molecule has 0 aromatic carbocycles. The molecule has 0 saturated carbocycles. The van der Waals surface area contributed by atoms with Gasteiger partial charge in [-0.2, -0.15) is 0 Å². The van der Waals surface area contributed by atoms with E-state index >= 15 is 0 Å². The second-order valence-electron chi connectivity index (χ2n) is 2.22. The van der Waals surface area contributed by atoms with Crippen molar-refractivity contribution in [2.24, 2.45) is 0 Å². The van der Waals surface area contributed by atoms with Crippen molar-refractivity contribution in [3.05, 3.63) is 0 Å². The Hall–Kier alpha value is -0.770. The molecule has 1 amide bonds. The van der Waals surface area contributed by atoms with Crippen molar-refractivity contribution < 1.29 is 14.3 Å². The van der Waals surface area contributed by atoms with Gasteiger partial charge in [-0.05, 0) is 0 Å². The van der Waals surface area contributed by atoms with E-state index in [0.717, 1.165) is 6.61 Å². The number of cyclic esters (lactones) is 1. The van der Waals surface area contributed by atoms with Crippen LogP contribution < -0.4 is 5.32 Å². The predicted octanol–water partition coefficient (Wildman–Crippen LogP) is -0.506. The summed E-state index contributed by atoms with van der Waals surface area (Å²) >= 11 is 0. The molecule has 0 aromatic heterocycles. The van der Waals surface area contributed by atoms with E-state index in [0.29, 0.717) is 6.61 Å². The summed E-state index contributed by atoms with van der Waals surface area (Å²) in [5.41, 5.74) is 0. The standard InChI is InChI=1S/C5H7NO3/c7-5-6-3(1-9-5)4-2-8-4/h3-4H,1-2H2,(H,6,7). The van der Waals surface area contributed by atoms with Crippen LogP contribution in [0, 0.1) is 0 Å². The Labute approximate surface area is 52.1 Å². The van der Waals surface area contributed by atoms with Crippen LogP contribution in [-0.4, -0.2) is 31.5 Å². The van der Waals surface area contributed by atoms with Gasteiger partial charge in [0, 0.05) is 0 Å². The minimum absolute atomic E-state index is 0.109. The van der Waals surface area contributed by atoms with Crippen molar-refractivity contribution in [2.75, 3.05) is 13.2 Å². The summed E-state index contributed by atoms with van der Waals surface area (Å²) in [6, 6.07) is 0.109. The number of amides is 1. The Bertz CT molecular complexity index is 143. The smallest absolute Gasteiger partial charge is 0.407 e. The second-order valence-corrected chi connectivity index (χ2v) is 2.22. The molecule has 0 bridgehead atoms. The molecule has 2 aliphatic heterocycles. The zero-order valence-electron chi connectivity index (χ0n) is 4.79. The summed E-state index contributed by atoms with van der Waals surface area (Å²) in [6.45, 7) is 1.22. The van der Waals surface area contributed by atoms with Gasteiger partial charge >= 0.3 is 6.09 Å². The van der Waals surface area contributed by atoms with Gasteiger partial charge in [0.05, 0.1) is 12.6 Å². The monoisotopic (exact) mass is 129 g/mol. The summed E-state index contributed by atoms with van der Waals surface area (Å²) in [5, 5.41) is 2.63. The van der Waals surface area contributed by atoms with Crippen molar-refractivity contribution in [3.63, 3.8) is 0 Å². The molecule has 9 heavy (non-hydrogen) atoms. The maximum atomic E-state index is 10.4. The lowest BCUT2D eigenvalue weighted by molar-refractivity contribution is 0.176. The molecule has 0 radical (unpaired) electrons. The van der Waals surface area contributed by atoms with Crippen molar-refractivity contribution in [3.8, 4) is 0 Å². The molecule has 2 aliphatic rings. The van der Waals surface area contributed by atoms with Gasteiger partial charge in [-0.3, -0.25) is 0 Å². The molecule has 4 heteroatoms. The molecular formula is C5H7NO3. The SMILES string of the molecule is O=C1NC(C2CO2)CO1. The van der Waals surface area contributed by atoms with Gasteiger partial charge in [0.25, 0.3) is 0 Å². The average Bonchev–Trinajstić information content (AvgIpc) is 2.58. The third-order valence-electron chi connectivity index (χ3n) is 1.51. The average molecular weight is 129 g/mol. The number of ether oxygens (including phenoxy) is 2. The topological polar surface area (TPSA) is 50.9 Å². The third kappa shape index (κ3) is 0.853. The zero-order chi connectivity index (χ0) is 6.27. The Kier molecular flexibility index (Phi) is 0.900. The summed E-state index contributed by atoms with van der Waals surface area (Å²) < 4.78 is 9.58. The Balaban J connectivity index is 1.92. The number of hydrogen-bond donors (Lipinski definition) is 1. The van der Waals surface area contributed by atoms with Crippen LogP contribution in [0.3, 0.4) is 0 Å². The summed E-state index contributed by atoms with van der Waals surface area (Å²) in [4.78, 5) is 10.4. The lowest BCUT2D eigenvalue weighted by Gasteiger charge is -1.98. The van der Waals surface area contributed by atoms with Gasteiger partial charge in [0.1, 0.15) is 12.7 Å². The van der Waals surface area contributed by atoms with E-state index in [2.05, 4.69) is 10.1 Å². The molecular weight excluding hydrogens is 122 g/mol. The predicted molar refractivity (Wildman–Crippen MR) is 28.0 cm³/mol. The quantitative estimate of drug-likeness (QED) is 0.485. The van der Waals surface area contributed by atoms with Crippen molar-refractivity contribution in [1.82, 2.24) is 5.32 Å². The van der Waals surface area contributed by atoms with Crippen LogP contribution >= 0.6 is 0 Å². The first-order valence-corrected chi connectivity index (χ1v) is 2.91. The zero-order valence-corrected chi connectivity index (χ0v) is 4.79. The Morgan fingerprint density at radius 1 is 1.56 bits per heavy atom. The number of nitrogens with one attached hydrogen (secondary N) is 1. The van der Waals surface area contributed by atoms with E-state index in [1.165, 1.54) is 0 Å². The first-order chi connectivity index (χ1) is 4.36. The first-order valence-electron chi connectivity index (χ1n) is 2.91. The molecule has 2 atom stereocenters. The van der Waals surface area contributed by atoms with E-state index in [4.69, 9.17) is 4.74 Å². The van der Waals surface area contributed by atoms with Crippen molar-refractivity contribution in [2.45, 2.75) is 12.1 Å². The molecule has 0 aliphatic carbocycles. The Morgan fingerprint density at radius 2 is 2.33 bits per heavy atom. The minimum Gasteiger partial charge on any atom is -0.447 e. The molecule has 2 fully saturated rings. The van der Waals surface area contributed by atoms with Gasteiger partial charge in [0.2, 0.25) is 0 Å². The number of epoxide rings is 1. The molecule has 2 unspecified atom stereocenters. The second kappa shape index (κ2) is 1.60. The highest BCUT2D eigenvalue weighted by molar-refractivity contribution is 5.69. The maximum absolute atomic E-state index is 10.4. The molecule has 2 rings (SSSR count). The fraction of sp³-hybridized carbons (Fsp3) is 0.800. The Morgan fingerprint density at radius 3 is 2.78 bits per heavy atom. The summed E-state index contributed by atoms with van der Waals surface area (Å²) in [7, 11) is 0. The van der Waals surface area contributed by atoms with Gasteiger partial charge in [-0.25, -0.2) is 4.79 Å². The fourth-order valence-electron chi connectivity index (χ4n) is 0.888. The van der Waals surface area contributed by atoms with Crippen molar-refractivity contribution >= 4 is 6.09 Å². The van der Waals surface area contributed by atoms with Crippen LogP contribution in [0.2, 0.25) is 0 Å². The molecule has 50 valence electrons. The molecule has 4 nitrogen and oxygen atoms in total.